The molecule has 0 aromatic heterocycles. The van der Waals surface area contributed by atoms with Crippen LogP contribution in [0.25, 0.3) is 0 Å². The zero-order chi connectivity index (χ0) is 19.8. The van der Waals surface area contributed by atoms with E-state index >= 15 is 0 Å². The van der Waals surface area contributed by atoms with Gasteiger partial charge in [0.05, 0.1) is 30.2 Å². The van der Waals surface area contributed by atoms with E-state index in [9.17, 15) is 4.39 Å². The van der Waals surface area contributed by atoms with E-state index in [-0.39, 0.29) is 5.82 Å². The lowest BCUT2D eigenvalue weighted by atomic mass is 9.99. The van der Waals surface area contributed by atoms with Crippen LogP contribution in [-0.2, 0) is 0 Å². The highest BCUT2D eigenvalue weighted by atomic mass is 35.5. The van der Waals surface area contributed by atoms with Gasteiger partial charge in [0.15, 0.2) is 5.84 Å². The number of nitrogens with zero attached hydrogens (tertiary/aromatic N) is 5. The summed E-state index contributed by atoms with van der Waals surface area (Å²) in [6.45, 7) is 3.96. The summed E-state index contributed by atoms with van der Waals surface area (Å²) in [7, 11) is 0. The summed E-state index contributed by atoms with van der Waals surface area (Å²) >= 11 is 6.45. The fraction of sp³-hybridized carbons (Fsp3) is 0.318. The third kappa shape index (κ3) is 3.58. The van der Waals surface area contributed by atoms with Crippen LogP contribution in [0.3, 0.4) is 0 Å². The minimum atomic E-state index is -0.285. The van der Waals surface area contributed by atoms with Crippen molar-refractivity contribution in [3.05, 3.63) is 64.4 Å². The molecule has 0 spiro atoms. The van der Waals surface area contributed by atoms with E-state index < -0.39 is 0 Å². The number of hydrogen-bond acceptors (Lipinski definition) is 5. The summed E-state index contributed by atoms with van der Waals surface area (Å²) in [4.78, 5) is 9.24. The summed E-state index contributed by atoms with van der Waals surface area (Å²) in [5.74, 6) is 0.441. The van der Waals surface area contributed by atoms with E-state index in [1.807, 2.05) is 29.2 Å². The van der Waals surface area contributed by atoms with Crippen LogP contribution in [0.4, 0.5) is 10.1 Å². The number of anilines is 1. The number of fused-ring (bicyclic) bond motifs is 3. The lowest BCUT2D eigenvalue weighted by Gasteiger charge is -2.29. The number of benzene rings is 2. The standard InChI is InChI=1S/C22H21ClFN5/c23-19-6-2-1-5-17(19)22-18-8-7-15(24)11-20(18)29-14-16(13-28-9-3-4-10-28)26-27-21(29)12-25-22/h1-2,5-8,11H,3-4,9-10,12-14H2. The highest BCUT2D eigenvalue weighted by molar-refractivity contribution is 6.36. The lowest BCUT2D eigenvalue weighted by molar-refractivity contribution is 0.386. The maximum absolute atomic E-state index is 14.2. The van der Waals surface area contributed by atoms with E-state index in [2.05, 4.69) is 15.1 Å². The van der Waals surface area contributed by atoms with E-state index in [4.69, 9.17) is 16.6 Å². The van der Waals surface area contributed by atoms with Crippen LogP contribution < -0.4 is 4.90 Å². The van der Waals surface area contributed by atoms with Crippen molar-refractivity contribution in [3.63, 3.8) is 0 Å². The molecule has 0 radical (unpaired) electrons. The van der Waals surface area contributed by atoms with Crippen LogP contribution in [-0.4, -0.2) is 54.9 Å². The number of aliphatic imine (C=N–C) groups is 1. The number of amidine groups is 1. The molecule has 0 amide bonds. The molecule has 0 unspecified atom stereocenters. The molecule has 3 heterocycles. The molecule has 29 heavy (non-hydrogen) atoms. The van der Waals surface area contributed by atoms with E-state index in [0.29, 0.717) is 18.1 Å². The van der Waals surface area contributed by atoms with Gasteiger partial charge in [-0.15, -0.1) is 5.10 Å². The molecule has 0 N–H and O–H groups in total. The molecule has 0 atom stereocenters. The molecule has 0 saturated carbocycles. The van der Waals surface area contributed by atoms with Gasteiger partial charge in [0.25, 0.3) is 0 Å². The summed E-state index contributed by atoms with van der Waals surface area (Å²) in [5, 5.41) is 9.54. The molecule has 148 valence electrons. The second-order valence-corrected chi connectivity index (χ2v) is 7.97. The van der Waals surface area contributed by atoms with Gasteiger partial charge in [0.2, 0.25) is 0 Å². The third-order valence-electron chi connectivity index (χ3n) is 5.58. The highest BCUT2D eigenvalue weighted by Gasteiger charge is 2.29. The second kappa shape index (κ2) is 7.69. The molecule has 1 saturated heterocycles. The fourth-order valence-electron chi connectivity index (χ4n) is 4.16. The Kier molecular flexibility index (Phi) is 4.89. The number of hydrogen-bond donors (Lipinski definition) is 0. The third-order valence-corrected chi connectivity index (χ3v) is 5.91. The number of likely N-dealkylation sites (tertiary alicyclic amines) is 1. The molecule has 2 aromatic rings. The van der Waals surface area contributed by atoms with Crippen LogP contribution in [0, 0.1) is 5.82 Å². The zero-order valence-electron chi connectivity index (χ0n) is 16.0. The molecule has 5 nitrogen and oxygen atoms in total. The van der Waals surface area contributed by atoms with Crippen molar-refractivity contribution in [3.8, 4) is 0 Å². The first-order valence-corrected chi connectivity index (χ1v) is 10.3. The lowest BCUT2D eigenvalue weighted by Crippen LogP contribution is -2.43. The van der Waals surface area contributed by atoms with Gasteiger partial charge in [0.1, 0.15) is 5.82 Å². The Bertz CT molecular complexity index is 1040. The van der Waals surface area contributed by atoms with Gasteiger partial charge in [-0.3, -0.25) is 9.89 Å². The van der Waals surface area contributed by atoms with Gasteiger partial charge in [-0.05, 0) is 50.2 Å². The maximum atomic E-state index is 14.2. The average molecular weight is 410 g/mol. The Labute approximate surface area is 174 Å². The maximum Gasteiger partial charge on any atom is 0.154 e. The molecular weight excluding hydrogens is 389 g/mol. The molecular formula is C22H21ClFN5. The predicted molar refractivity (Wildman–Crippen MR) is 116 cm³/mol. The Morgan fingerprint density at radius 2 is 1.83 bits per heavy atom. The first-order chi connectivity index (χ1) is 14.2. The normalized spacial score (nSPS) is 19.1. The summed E-state index contributed by atoms with van der Waals surface area (Å²) in [6, 6.07) is 12.4. The van der Waals surface area contributed by atoms with Crippen molar-refractivity contribution >= 4 is 34.5 Å². The van der Waals surface area contributed by atoms with E-state index in [1.165, 1.54) is 18.9 Å². The molecule has 3 aliphatic rings. The summed E-state index contributed by atoms with van der Waals surface area (Å²) < 4.78 is 14.2. The molecule has 5 rings (SSSR count). The van der Waals surface area contributed by atoms with Gasteiger partial charge >= 0.3 is 0 Å². The predicted octanol–water partition coefficient (Wildman–Crippen LogP) is 4.00. The molecule has 0 bridgehead atoms. The van der Waals surface area contributed by atoms with Gasteiger partial charge in [-0.25, -0.2) is 4.39 Å². The van der Waals surface area contributed by atoms with Gasteiger partial charge in [-0.1, -0.05) is 29.8 Å². The van der Waals surface area contributed by atoms with Crippen molar-refractivity contribution in [1.82, 2.24) is 4.90 Å². The van der Waals surface area contributed by atoms with Crippen LogP contribution in [0.1, 0.15) is 24.0 Å². The molecule has 7 heteroatoms. The fourth-order valence-corrected chi connectivity index (χ4v) is 4.38. The molecule has 3 aliphatic heterocycles. The van der Waals surface area contributed by atoms with Gasteiger partial charge < -0.3 is 4.90 Å². The van der Waals surface area contributed by atoms with Crippen molar-refractivity contribution in [2.45, 2.75) is 12.8 Å². The first-order valence-electron chi connectivity index (χ1n) is 9.90. The average Bonchev–Trinajstić information content (AvgIpc) is 3.18. The van der Waals surface area contributed by atoms with Crippen LogP contribution in [0.2, 0.25) is 5.02 Å². The Morgan fingerprint density at radius 3 is 2.66 bits per heavy atom. The Morgan fingerprint density at radius 1 is 1.00 bits per heavy atom. The Hall–Kier alpha value is -2.57. The second-order valence-electron chi connectivity index (χ2n) is 7.56. The summed E-state index contributed by atoms with van der Waals surface area (Å²) in [6.07, 6.45) is 2.46. The van der Waals surface area contributed by atoms with Crippen molar-refractivity contribution in [1.29, 1.82) is 0 Å². The van der Waals surface area contributed by atoms with Crippen molar-refractivity contribution < 1.29 is 4.39 Å². The van der Waals surface area contributed by atoms with Crippen LogP contribution in [0.5, 0.6) is 0 Å². The zero-order valence-corrected chi connectivity index (χ0v) is 16.7. The number of rotatable bonds is 3. The largest absolute Gasteiger partial charge is 0.320 e. The van der Waals surface area contributed by atoms with Gasteiger partial charge in [0, 0.05) is 22.7 Å². The topological polar surface area (TPSA) is 43.6 Å². The van der Waals surface area contributed by atoms with Crippen molar-refractivity contribution in [2.75, 3.05) is 37.6 Å². The quantitative estimate of drug-likeness (QED) is 0.769. The van der Waals surface area contributed by atoms with E-state index in [0.717, 1.165) is 53.7 Å². The van der Waals surface area contributed by atoms with Gasteiger partial charge in [-0.2, -0.15) is 5.10 Å². The monoisotopic (exact) mass is 409 g/mol. The molecule has 0 aliphatic carbocycles. The van der Waals surface area contributed by atoms with E-state index in [1.54, 1.807) is 12.1 Å². The van der Waals surface area contributed by atoms with Crippen molar-refractivity contribution in [2.24, 2.45) is 15.2 Å². The highest BCUT2D eigenvalue weighted by Crippen LogP contribution is 2.31. The molecule has 1 fully saturated rings. The SMILES string of the molecule is Fc1ccc2c(c1)N1CC(CN3CCCC3)=NN=C1CN=C2c1ccccc1Cl. The van der Waals surface area contributed by atoms with Crippen LogP contribution >= 0.6 is 11.6 Å². The number of halogens is 2. The van der Waals surface area contributed by atoms with Crippen LogP contribution in [0.15, 0.2) is 57.7 Å². The first kappa shape index (κ1) is 18.5. The molecule has 2 aromatic carbocycles. The smallest absolute Gasteiger partial charge is 0.154 e. The minimum absolute atomic E-state index is 0.285. The Balaban J connectivity index is 1.55. The summed E-state index contributed by atoms with van der Waals surface area (Å²) in [5.41, 5.74) is 4.19. The minimum Gasteiger partial charge on any atom is -0.320 e.